The summed E-state index contributed by atoms with van der Waals surface area (Å²) in [7, 11) is 6.06. The number of carbonyl (C=O) groups excluding carboxylic acids is 1. The molecule has 136 valence electrons. The quantitative estimate of drug-likeness (QED) is 0.836. The zero-order chi connectivity index (χ0) is 18.1. The molecule has 1 aliphatic rings. The molecule has 0 atom stereocenters. The van der Waals surface area contributed by atoms with Gasteiger partial charge in [0.15, 0.2) is 0 Å². The van der Waals surface area contributed by atoms with E-state index in [1.165, 1.54) is 0 Å². The number of aryl methyl sites for hydroxylation is 1. The number of imidazole rings is 1. The summed E-state index contributed by atoms with van der Waals surface area (Å²) in [6.45, 7) is 5.03. The van der Waals surface area contributed by atoms with Crippen LogP contribution in [0.2, 0.25) is 0 Å². The molecule has 0 bridgehead atoms. The predicted octanol–water partition coefficient (Wildman–Crippen LogP) is 0.752. The molecule has 1 saturated carbocycles. The number of amides is 1. The van der Waals surface area contributed by atoms with Gasteiger partial charge in [-0.2, -0.15) is 0 Å². The van der Waals surface area contributed by atoms with Gasteiger partial charge in [0.05, 0.1) is 18.6 Å². The first-order valence-corrected chi connectivity index (χ1v) is 8.65. The Morgan fingerprint density at radius 1 is 1.32 bits per heavy atom. The van der Waals surface area contributed by atoms with Crippen molar-refractivity contribution in [1.29, 1.82) is 0 Å². The SMILES string of the molecule is Cc1ncn(CC(=O)NC2CC(c3nnc(CN(C)C)n3C)C2)c1C. The summed E-state index contributed by atoms with van der Waals surface area (Å²) in [4.78, 5) is 18.5. The van der Waals surface area contributed by atoms with Crippen LogP contribution in [0.25, 0.3) is 0 Å². The fourth-order valence-electron chi connectivity index (χ4n) is 3.23. The number of carbonyl (C=O) groups is 1. The molecule has 0 radical (unpaired) electrons. The van der Waals surface area contributed by atoms with Crippen LogP contribution in [-0.4, -0.2) is 55.3 Å². The van der Waals surface area contributed by atoms with E-state index in [-0.39, 0.29) is 11.9 Å². The monoisotopic (exact) mass is 345 g/mol. The number of hydrogen-bond donors (Lipinski definition) is 1. The number of nitrogens with one attached hydrogen (secondary N) is 1. The van der Waals surface area contributed by atoms with Gasteiger partial charge in [0.2, 0.25) is 5.91 Å². The third kappa shape index (κ3) is 3.73. The predicted molar refractivity (Wildman–Crippen MR) is 94.0 cm³/mol. The molecular formula is C17H27N7O. The first-order valence-electron chi connectivity index (χ1n) is 8.65. The first kappa shape index (κ1) is 17.6. The molecule has 2 aromatic heterocycles. The summed E-state index contributed by atoms with van der Waals surface area (Å²) in [5.74, 6) is 2.40. The average molecular weight is 345 g/mol. The van der Waals surface area contributed by atoms with Gasteiger partial charge in [-0.1, -0.05) is 0 Å². The molecule has 8 nitrogen and oxygen atoms in total. The highest BCUT2D eigenvalue weighted by atomic mass is 16.2. The number of nitrogens with zero attached hydrogens (tertiary/aromatic N) is 6. The van der Waals surface area contributed by atoms with Crippen molar-refractivity contribution < 1.29 is 4.79 Å². The fraction of sp³-hybridized carbons (Fsp3) is 0.647. The van der Waals surface area contributed by atoms with E-state index in [0.29, 0.717) is 12.5 Å². The van der Waals surface area contributed by atoms with Crippen LogP contribution in [0.3, 0.4) is 0 Å². The number of hydrogen-bond acceptors (Lipinski definition) is 5. The van der Waals surface area contributed by atoms with Gasteiger partial charge in [-0.3, -0.25) is 4.79 Å². The van der Waals surface area contributed by atoms with Crippen LogP contribution in [0.4, 0.5) is 0 Å². The minimum absolute atomic E-state index is 0.0372. The topological polar surface area (TPSA) is 80.9 Å². The standard InChI is InChI=1S/C17H27N7O/c1-11-12(2)24(10-18-11)9-16(25)19-14-6-13(7-14)17-21-20-15(23(17)5)8-22(3)4/h10,13-14H,6-9H2,1-5H3,(H,19,25). The van der Waals surface area contributed by atoms with Crippen molar-refractivity contribution in [2.75, 3.05) is 14.1 Å². The lowest BCUT2D eigenvalue weighted by atomic mass is 9.79. The maximum Gasteiger partial charge on any atom is 0.240 e. The molecule has 25 heavy (non-hydrogen) atoms. The summed E-state index contributed by atoms with van der Waals surface area (Å²) >= 11 is 0. The van der Waals surface area contributed by atoms with Crippen LogP contribution >= 0.6 is 0 Å². The van der Waals surface area contributed by atoms with Crippen LogP contribution in [-0.2, 0) is 24.9 Å². The molecule has 0 unspecified atom stereocenters. The second-order valence-corrected chi connectivity index (χ2v) is 7.25. The van der Waals surface area contributed by atoms with Crippen molar-refractivity contribution in [3.05, 3.63) is 29.4 Å². The second-order valence-electron chi connectivity index (χ2n) is 7.25. The Balaban J connectivity index is 1.50. The summed E-state index contributed by atoms with van der Waals surface area (Å²) in [5.41, 5.74) is 2.00. The Morgan fingerprint density at radius 2 is 2.04 bits per heavy atom. The molecular weight excluding hydrogens is 318 g/mol. The van der Waals surface area contributed by atoms with Gasteiger partial charge >= 0.3 is 0 Å². The van der Waals surface area contributed by atoms with Gasteiger partial charge in [0.1, 0.15) is 18.2 Å². The van der Waals surface area contributed by atoms with Gasteiger partial charge in [-0.15, -0.1) is 10.2 Å². The lowest BCUT2D eigenvalue weighted by molar-refractivity contribution is -0.123. The van der Waals surface area contributed by atoms with E-state index in [0.717, 1.165) is 42.4 Å². The minimum atomic E-state index is 0.0372. The largest absolute Gasteiger partial charge is 0.352 e. The van der Waals surface area contributed by atoms with Gasteiger partial charge in [0, 0.05) is 24.7 Å². The Morgan fingerprint density at radius 3 is 2.64 bits per heavy atom. The van der Waals surface area contributed by atoms with Crippen molar-refractivity contribution in [3.8, 4) is 0 Å². The molecule has 1 fully saturated rings. The van der Waals surface area contributed by atoms with Crippen LogP contribution in [0.1, 0.15) is 41.8 Å². The molecule has 1 aliphatic carbocycles. The normalized spacial score (nSPS) is 19.9. The second kappa shape index (κ2) is 6.95. The van der Waals surface area contributed by atoms with Crippen molar-refractivity contribution in [2.45, 2.75) is 51.7 Å². The van der Waals surface area contributed by atoms with E-state index < -0.39 is 0 Å². The van der Waals surface area contributed by atoms with E-state index in [2.05, 4.69) is 30.0 Å². The van der Waals surface area contributed by atoms with E-state index in [4.69, 9.17) is 0 Å². The lowest BCUT2D eigenvalue weighted by Gasteiger charge is -2.35. The Labute approximate surface area is 148 Å². The molecule has 3 rings (SSSR count). The Hall–Kier alpha value is -2.22. The maximum atomic E-state index is 12.2. The molecule has 0 spiro atoms. The highest BCUT2D eigenvalue weighted by Crippen LogP contribution is 2.35. The molecule has 2 heterocycles. The van der Waals surface area contributed by atoms with E-state index in [1.54, 1.807) is 6.33 Å². The molecule has 0 aromatic carbocycles. The molecule has 1 amide bonds. The fourth-order valence-corrected chi connectivity index (χ4v) is 3.23. The third-order valence-corrected chi connectivity index (χ3v) is 4.98. The zero-order valence-electron chi connectivity index (χ0n) is 15.7. The van der Waals surface area contributed by atoms with Crippen LogP contribution in [0.15, 0.2) is 6.33 Å². The smallest absolute Gasteiger partial charge is 0.240 e. The highest BCUT2D eigenvalue weighted by Gasteiger charge is 2.34. The number of aromatic nitrogens is 5. The minimum Gasteiger partial charge on any atom is -0.352 e. The van der Waals surface area contributed by atoms with Crippen molar-refractivity contribution >= 4 is 5.91 Å². The molecule has 0 saturated heterocycles. The van der Waals surface area contributed by atoms with Crippen LogP contribution in [0, 0.1) is 13.8 Å². The van der Waals surface area contributed by atoms with E-state index >= 15 is 0 Å². The third-order valence-electron chi connectivity index (χ3n) is 4.98. The van der Waals surface area contributed by atoms with Gasteiger partial charge < -0.3 is 19.4 Å². The lowest BCUT2D eigenvalue weighted by Crippen LogP contribution is -2.45. The van der Waals surface area contributed by atoms with Crippen molar-refractivity contribution in [2.24, 2.45) is 7.05 Å². The number of rotatable bonds is 6. The summed E-state index contributed by atoms with van der Waals surface area (Å²) in [6.07, 6.45) is 3.56. The van der Waals surface area contributed by atoms with E-state index in [9.17, 15) is 4.79 Å². The molecule has 2 aromatic rings. The summed E-state index contributed by atoms with van der Waals surface area (Å²) in [5, 5.41) is 11.7. The van der Waals surface area contributed by atoms with Crippen molar-refractivity contribution in [1.82, 2.24) is 34.5 Å². The zero-order valence-corrected chi connectivity index (χ0v) is 15.7. The maximum absolute atomic E-state index is 12.2. The van der Waals surface area contributed by atoms with E-state index in [1.807, 2.05) is 39.6 Å². The summed E-state index contributed by atoms with van der Waals surface area (Å²) in [6, 6.07) is 0.219. The van der Waals surface area contributed by atoms with Crippen LogP contribution < -0.4 is 5.32 Å². The first-order chi connectivity index (χ1) is 11.8. The van der Waals surface area contributed by atoms with Gasteiger partial charge in [-0.25, -0.2) is 4.98 Å². The molecule has 1 N–H and O–H groups in total. The Kier molecular flexibility index (Phi) is 4.89. The van der Waals surface area contributed by atoms with Crippen molar-refractivity contribution in [3.63, 3.8) is 0 Å². The van der Waals surface area contributed by atoms with Gasteiger partial charge in [-0.05, 0) is 40.8 Å². The van der Waals surface area contributed by atoms with Crippen LogP contribution in [0.5, 0.6) is 0 Å². The highest BCUT2D eigenvalue weighted by molar-refractivity contribution is 5.76. The summed E-state index contributed by atoms with van der Waals surface area (Å²) < 4.78 is 3.97. The van der Waals surface area contributed by atoms with Gasteiger partial charge in [0.25, 0.3) is 0 Å². The molecule has 0 aliphatic heterocycles. The average Bonchev–Trinajstić information content (AvgIpc) is 3.00. The Bertz CT molecular complexity index is 755. The molecule has 8 heteroatoms.